The summed E-state index contributed by atoms with van der Waals surface area (Å²) in [5.74, 6) is 3.05. The summed E-state index contributed by atoms with van der Waals surface area (Å²) in [5, 5.41) is 7.41. The van der Waals surface area contributed by atoms with Gasteiger partial charge in [0.15, 0.2) is 0 Å². The number of carbonyl (C=O) groups excluding carboxylic acids is 1. The van der Waals surface area contributed by atoms with Gasteiger partial charge in [-0.25, -0.2) is 9.97 Å². The summed E-state index contributed by atoms with van der Waals surface area (Å²) in [5.41, 5.74) is 9.11. The van der Waals surface area contributed by atoms with E-state index in [0.717, 1.165) is 60.5 Å². The Hall–Kier alpha value is -3.49. The number of hydrogen-bond acceptors (Lipinski definition) is 7. The van der Waals surface area contributed by atoms with Gasteiger partial charge in [0, 0.05) is 25.0 Å². The molecule has 1 aliphatic heterocycles. The normalized spacial score (nSPS) is 23.5. The Morgan fingerprint density at radius 2 is 2.03 bits per heavy atom. The van der Waals surface area contributed by atoms with Crippen LogP contribution < -0.4 is 16.0 Å². The molecular weight excluding hydrogens is 392 g/mol. The van der Waals surface area contributed by atoms with E-state index in [1.54, 1.807) is 29.3 Å². The van der Waals surface area contributed by atoms with Gasteiger partial charge in [0.25, 0.3) is 5.91 Å². The van der Waals surface area contributed by atoms with E-state index in [1.165, 1.54) is 6.42 Å². The van der Waals surface area contributed by atoms with Gasteiger partial charge in [-0.05, 0) is 42.7 Å². The molecule has 1 saturated carbocycles. The van der Waals surface area contributed by atoms with E-state index in [2.05, 4.69) is 30.3 Å². The lowest BCUT2D eigenvalue weighted by Gasteiger charge is -2.18. The first-order valence-corrected chi connectivity index (χ1v) is 10.8. The number of nitrogens with one attached hydrogen (secondary N) is 1. The summed E-state index contributed by atoms with van der Waals surface area (Å²) in [4.78, 5) is 28.5. The molecule has 6 rings (SSSR count). The lowest BCUT2D eigenvalue weighted by Crippen LogP contribution is -2.26. The van der Waals surface area contributed by atoms with E-state index in [9.17, 15) is 4.79 Å². The fraction of sp³-hybridized carbons (Fsp3) is 0.409. The standard InChI is InChI=1S/C22H24N8O/c23-20-4-1-17-18(27-20)2-3-19(17)28-22(31)15-6-26-30(11-15)12-16-7-25-21(8-24-16)29-9-13-5-14(13)10-29/h1,4,6-8,11,13-14,19H,2-3,5,9-10,12H2,(H2,23,27)(H,28,31)/t13?,14?,19-/m1/s1. The van der Waals surface area contributed by atoms with Crippen molar-refractivity contribution in [3.63, 3.8) is 0 Å². The molecule has 3 N–H and O–H groups in total. The van der Waals surface area contributed by atoms with Gasteiger partial charge in [0.2, 0.25) is 0 Å². The predicted molar refractivity (Wildman–Crippen MR) is 114 cm³/mol. The molecule has 1 saturated heterocycles. The largest absolute Gasteiger partial charge is 0.384 e. The maximum absolute atomic E-state index is 12.7. The zero-order valence-corrected chi connectivity index (χ0v) is 17.1. The molecular formula is C22H24N8O. The number of carbonyl (C=O) groups is 1. The molecule has 0 spiro atoms. The lowest BCUT2D eigenvalue weighted by molar-refractivity contribution is 0.0936. The maximum atomic E-state index is 12.7. The molecule has 3 aromatic heterocycles. The second-order valence-corrected chi connectivity index (χ2v) is 8.79. The van der Waals surface area contributed by atoms with Crippen molar-refractivity contribution in [1.82, 2.24) is 30.0 Å². The van der Waals surface area contributed by atoms with Crippen LogP contribution in [0.2, 0.25) is 0 Å². The third-order valence-electron chi connectivity index (χ3n) is 6.60. The van der Waals surface area contributed by atoms with Crippen LogP contribution in [0, 0.1) is 11.8 Å². The number of aromatic nitrogens is 5. The van der Waals surface area contributed by atoms with Crippen molar-refractivity contribution in [2.45, 2.75) is 31.8 Å². The Bertz CT molecular complexity index is 1130. The molecule has 9 nitrogen and oxygen atoms in total. The number of pyridine rings is 1. The van der Waals surface area contributed by atoms with Crippen LogP contribution in [0.15, 0.2) is 36.9 Å². The zero-order valence-electron chi connectivity index (χ0n) is 17.1. The van der Waals surface area contributed by atoms with Crippen molar-refractivity contribution >= 4 is 17.5 Å². The van der Waals surface area contributed by atoms with Crippen LogP contribution >= 0.6 is 0 Å². The van der Waals surface area contributed by atoms with Gasteiger partial charge in [-0.2, -0.15) is 5.10 Å². The molecule has 3 aromatic rings. The van der Waals surface area contributed by atoms with Gasteiger partial charge in [0.1, 0.15) is 11.6 Å². The minimum Gasteiger partial charge on any atom is -0.384 e. The molecule has 2 fully saturated rings. The Kier molecular flexibility index (Phi) is 4.15. The van der Waals surface area contributed by atoms with Gasteiger partial charge in [-0.3, -0.25) is 14.5 Å². The van der Waals surface area contributed by atoms with Crippen molar-refractivity contribution in [1.29, 1.82) is 0 Å². The molecule has 0 radical (unpaired) electrons. The van der Waals surface area contributed by atoms with Crippen LogP contribution in [0.1, 0.15) is 46.2 Å². The van der Waals surface area contributed by atoms with E-state index < -0.39 is 0 Å². The van der Waals surface area contributed by atoms with Crippen LogP contribution in [-0.4, -0.2) is 43.7 Å². The van der Waals surface area contributed by atoms with Crippen molar-refractivity contribution < 1.29 is 4.79 Å². The van der Waals surface area contributed by atoms with Crippen LogP contribution in [0.4, 0.5) is 11.6 Å². The molecule has 1 amide bonds. The molecule has 9 heteroatoms. The smallest absolute Gasteiger partial charge is 0.254 e. The summed E-state index contributed by atoms with van der Waals surface area (Å²) in [6.07, 6.45) is 9.99. The first-order valence-electron chi connectivity index (χ1n) is 10.8. The fourth-order valence-electron chi connectivity index (χ4n) is 4.79. The molecule has 0 aromatic carbocycles. The maximum Gasteiger partial charge on any atom is 0.254 e. The lowest BCUT2D eigenvalue weighted by atomic mass is 10.1. The number of fused-ring (bicyclic) bond motifs is 2. The van der Waals surface area contributed by atoms with E-state index >= 15 is 0 Å². The summed E-state index contributed by atoms with van der Waals surface area (Å²) in [7, 11) is 0. The Morgan fingerprint density at radius 3 is 2.84 bits per heavy atom. The minimum atomic E-state index is -0.144. The van der Waals surface area contributed by atoms with Crippen molar-refractivity contribution in [3.05, 3.63) is 59.4 Å². The number of nitrogen functional groups attached to an aromatic ring is 1. The van der Waals surface area contributed by atoms with Crippen molar-refractivity contribution in [2.75, 3.05) is 23.7 Å². The second kappa shape index (κ2) is 7.04. The summed E-state index contributed by atoms with van der Waals surface area (Å²) in [6, 6.07) is 3.68. The number of hydrogen-bond donors (Lipinski definition) is 2. The monoisotopic (exact) mass is 416 g/mol. The van der Waals surface area contributed by atoms with Crippen LogP contribution in [0.3, 0.4) is 0 Å². The van der Waals surface area contributed by atoms with Crippen LogP contribution in [0.25, 0.3) is 0 Å². The minimum absolute atomic E-state index is 0.0472. The highest BCUT2D eigenvalue weighted by Gasteiger charge is 2.45. The predicted octanol–water partition coefficient (Wildman–Crippen LogP) is 1.57. The highest BCUT2D eigenvalue weighted by molar-refractivity contribution is 5.94. The number of nitrogens with two attached hydrogens (primary N) is 1. The van der Waals surface area contributed by atoms with E-state index in [0.29, 0.717) is 17.9 Å². The summed E-state index contributed by atoms with van der Waals surface area (Å²) in [6.45, 7) is 2.68. The quantitative estimate of drug-likeness (QED) is 0.649. The average molecular weight is 416 g/mol. The number of piperidine rings is 1. The number of rotatable bonds is 5. The number of amides is 1. The molecule has 0 bridgehead atoms. The zero-order chi connectivity index (χ0) is 20.9. The van der Waals surface area contributed by atoms with Gasteiger partial charge < -0.3 is 16.0 Å². The molecule has 4 heterocycles. The van der Waals surface area contributed by atoms with Crippen molar-refractivity contribution in [3.8, 4) is 0 Å². The number of nitrogens with zero attached hydrogens (tertiary/aromatic N) is 6. The highest BCUT2D eigenvalue weighted by atomic mass is 16.1. The van der Waals surface area contributed by atoms with Crippen LogP contribution in [-0.2, 0) is 13.0 Å². The third-order valence-corrected chi connectivity index (χ3v) is 6.60. The number of aryl methyl sites for hydroxylation is 1. The highest BCUT2D eigenvalue weighted by Crippen LogP contribution is 2.45. The first-order chi connectivity index (χ1) is 15.1. The Labute approximate surface area is 179 Å². The van der Waals surface area contributed by atoms with E-state index in [4.69, 9.17) is 5.73 Å². The van der Waals surface area contributed by atoms with Gasteiger partial charge in [-0.15, -0.1) is 0 Å². The average Bonchev–Trinajstić information content (AvgIpc) is 3.14. The third kappa shape index (κ3) is 3.49. The van der Waals surface area contributed by atoms with Gasteiger partial charge in [0.05, 0.1) is 42.4 Å². The molecule has 158 valence electrons. The Balaban J connectivity index is 1.09. The molecule has 3 aliphatic rings. The topological polar surface area (TPSA) is 115 Å². The second-order valence-electron chi connectivity index (χ2n) is 8.79. The number of anilines is 2. The van der Waals surface area contributed by atoms with Crippen molar-refractivity contribution in [2.24, 2.45) is 11.8 Å². The SMILES string of the molecule is Nc1ccc2c(n1)CC[C@H]2NC(=O)c1cnn(Cc2cnc(N3CC4CC4C3)cn2)c1. The van der Waals surface area contributed by atoms with Crippen LogP contribution in [0.5, 0.6) is 0 Å². The summed E-state index contributed by atoms with van der Waals surface area (Å²) < 4.78 is 1.72. The van der Waals surface area contributed by atoms with Gasteiger partial charge in [-0.1, -0.05) is 6.07 Å². The van der Waals surface area contributed by atoms with E-state index in [-0.39, 0.29) is 11.9 Å². The Morgan fingerprint density at radius 1 is 1.16 bits per heavy atom. The van der Waals surface area contributed by atoms with Gasteiger partial charge >= 0.3 is 0 Å². The van der Waals surface area contributed by atoms with E-state index in [1.807, 2.05) is 12.3 Å². The molecule has 2 aliphatic carbocycles. The first kappa shape index (κ1) is 18.3. The summed E-state index contributed by atoms with van der Waals surface area (Å²) >= 11 is 0. The molecule has 2 unspecified atom stereocenters. The molecule has 3 atom stereocenters. The fourth-order valence-corrected chi connectivity index (χ4v) is 4.79. The molecule has 31 heavy (non-hydrogen) atoms.